The van der Waals surface area contributed by atoms with E-state index in [9.17, 15) is 9.90 Å². The summed E-state index contributed by atoms with van der Waals surface area (Å²) < 4.78 is 5.82. The van der Waals surface area contributed by atoms with Gasteiger partial charge in [0.05, 0.1) is 6.10 Å². The first-order chi connectivity index (χ1) is 13.2. The van der Waals surface area contributed by atoms with Gasteiger partial charge in [-0.15, -0.1) is 12.4 Å². The maximum absolute atomic E-state index is 12.3. The van der Waals surface area contributed by atoms with Crippen molar-refractivity contribution in [2.45, 2.75) is 25.0 Å². The molecule has 0 spiro atoms. The van der Waals surface area contributed by atoms with Crippen molar-refractivity contribution in [2.75, 3.05) is 19.6 Å². The largest absolute Gasteiger partial charge is 0.489 e. The lowest BCUT2D eigenvalue weighted by atomic mass is 10.1. The molecule has 2 aromatic carbocycles. The number of β-amino-alcohol motifs (C(OH)–C–C–N with tert-alkyl or cyclic N) is 1. The SMILES string of the molecule is Cl.O=C(NCC1CNCC1O)C1CC1c1ccc(OCc2ccccc2)cc1. The number of hydrogen-bond donors (Lipinski definition) is 3. The van der Waals surface area contributed by atoms with Gasteiger partial charge in [0.2, 0.25) is 5.91 Å². The molecule has 0 bridgehead atoms. The number of hydrogen-bond acceptors (Lipinski definition) is 4. The fraction of sp³-hybridized carbons (Fsp3) is 0.409. The molecule has 0 radical (unpaired) electrons. The van der Waals surface area contributed by atoms with Gasteiger partial charge in [-0.1, -0.05) is 42.5 Å². The molecule has 1 amide bonds. The summed E-state index contributed by atoms with van der Waals surface area (Å²) >= 11 is 0. The normalized spacial score (nSPS) is 25.6. The molecule has 1 heterocycles. The Morgan fingerprint density at radius 3 is 2.54 bits per heavy atom. The number of aliphatic hydroxyl groups is 1. The topological polar surface area (TPSA) is 70.6 Å². The summed E-state index contributed by atoms with van der Waals surface area (Å²) in [6.07, 6.45) is 0.533. The molecule has 4 unspecified atom stereocenters. The zero-order valence-electron chi connectivity index (χ0n) is 15.7. The molecular weight excluding hydrogens is 376 g/mol. The van der Waals surface area contributed by atoms with Crippen molar-refractivity contribution in [1.29, 1.82) is 0 Å². The number of carbonyl (C=O) groups is 1. The van der Waals surface area contributed by atoms with Crippen LogP contribution in [0.2, 0.25) is 0 Å². The Hall–Kier alpha value is -2.08. The number of benzene rings is 2. The summed E-state index contributed by atoms with van der Waals surface area (Å²) in [5.41, 5.74) is 2.33. The lowest BCUT2D eigenvalue weighted by molar-refractivity contribution is -0.122. The van der Waals surface area contributed by atoms with Gasteiger partial charge in [0.1, 0.15) is 12.4 Å². The van der Waals surface area contributed by atoms with Crippen LogP contribution in [0.1, 0.15) is 23.5 Å². The third-order valence-corrected chi connectivity index (χ3v) is 5.53. The van der Waals surface area contributed by atoms with E-state index < -0.39 is 0 Å². The number of carbonyl (C=O) groups excluding carboxylic acids is 1. The van der Waals surface area contributed by atoms with Crippen molar-refractivity contribution >= 4 is 18.3 Å². The fourth-order valence-electron chi connectivity index (χ4n) is 3.70. The second-order valence-electron chi connectivity index (χ2n) is 7.52. The molecule has 0 aromatic heterocycles. The van der Waals surface area contributed by atoms with Crippen molar-refractivity contribution < 1.29 is 14.6 Å². The molecule has 1 saturated carbocycles. The highest BCUT2D eigenvalue weighted by Gasteiger charge is 2.44. The Morgan fingerprint density at radius 2 is 1.86 bits per heavy atom. The Kier molecular flexibility index (Phi) is 6.94. The zero-order chi connectivity index (χ0) is 18.6. The number of rotatable bonds is 7. The molecule has 5 nitrogen and oxygen atoms in total. The van der Waals surface area contributed by atoms with Crippen molar-refractivity contribution in [3.8, 4) is 5.75 Å². The van der Waals surface area contributed by atoms with Crippen LogP contribution in [0, 0.1) is 11.8 Å². The maximum Gasteiger partial charge on any atom is 0.223 e. The molecule has 2 aromatic rings. The van der Waals surface area contributed by atoms with E-state index >= 15 is 0 Å². The number of halogens is 1. The Morgan fingerprint density at radius 1 is 1.11 bits per heavy atom. The highest BCUT2D eigenvalue weighted by molar-refractivity contribution is 5.85. The summed E-state index contributed by atoms with van der Waals surface area (Å²) in [7, 11) is 0. The predicted molar refractivity (Wildman–Crippen MR) is 111 cm³/mol. The van der Waals surface area contributed by atoms with Gasteiger partial charge in [-0.3, -0.25) is 4.79 Å². The van der Waals surface area contributed by atoms with Gasteiger partial charge in [0, 0.05) is 31.5 Å². The minimum atomic E-state index is -0.358. The van der Waals surface area contributed by atoms with Crippen molar-refractivity contribution in [3.05, 3.63) is 65.7 Å². The molecular formula is C22H27ClN2O3. The summed E-state index contributed by atoms with van der Waals surface area (Å²) in [6, 6.07) is 18.2. The average molecular weight is 403 g/mol. The Bertz CT molecular complexity index is 769. The molecule has 3 N–H and O–H groups in total. The first kappa shape index (κ1) is 20.6. The highest BCUT2D eigenvalue weighted by Crippen LogP contribution is 2.47. The smallest absolute Gasteiger partial charge is 0.223 e. The van der Waals surface area contributed by atoms with Gasteiger partial charge in [-0.25, -0.2) is 0 Å². The van der Waals surface area contributed by atoms with E-state index in [4.69, 9.17) is 4.74 Å². The van der Waals surface area contributed by atoms with Crippen LogP contribution in [0.25, 0.3) is 0 Å². The minimum absolute atomic E-state index is 0. The van der Waals surface area contributed by atoms with Gasteiger partial charge < -0.3 is 20.5 Å². The van der Waals surface area contributed by atoms with Crippen LogP contribution < -0.4 is 15.4 Å². The van der Waals surface area contributed by atoms with Crippen LogP contribution in [0.15, 0.2) is 54.6 Å². The van der Waals surface area contributed by atoms with Gasteiger partial charge in [0.15, 0.2) is 0 Å². The molecule has 1 saturated heterocycles. The Labute approximate surface area is 171 Å². The number of ether oxygens (including phenoxy) is 1. The molecule has 1 aliphatic heterocycles. The van der Waals surface area contributed by atoms with Crippen LogP contribution in [0.4, 0.5) is 0 Å². The third-order valence-electron chi connectivity index (χ3n) is 5.53. The highest BCUT2D eigenvalue weighted by atomic mass is 35.5. The monoisotopic (exact) mass is 402 g/mol. The lowest BCUT2D eigenvalue weighted by Gasteiger charge is -2.14. The maximum atomic E-state index is 12.3. The summed E-state index contributed by atoms with van der Waals surface area (Å²) in [6.45, 7) is 2.48. The molecule has 150 valence electrons. The second-order valence-corrected chi connectivity index (χ2v) is 7.52. The first-order valence-electron chi connectivity index (χ1n) is 9.64. The average Bonchev–Trinajstić information content (AvgIpc) is 3.41. The van der Waals surface area contributed by atoms with Crippen molar-refractivity contribution in [3.63, 3.8) is 0 Å². The van der Waals surface area contributed by atoms with Gasteiger partial charge in [-0.05, 0) is 35.6 Å². The Balaban J connectivity index is 0.00000225. The molecule has 2 fully saturated rings. The number of amides is 1. The molecule has 1 aliphatic carbocycles. The van der Waals surface area contributed by atoms with E-state index in [2.05, 4.69) is 22.8 Å². The van der Waals surface area contributed by atoms with Crippen LogP contribution in [0.5, 0.6) is 5.75 Å². The molecule has 4 rings (SSSR count). The van der Waals surface area contributed by atoms with E-state index in [1.54, 1.807) is 0 Å². The molecule has 6 heteroatoms. The molecule has 4 atom stereocenters. The van der Waals surface area contributed by atoms with E-state index in [0.29, 0.717) is 25.6 Å². The second kappa shape index (κ2) is 9.41. The van der Waals surface area contributed by atoms with E-state index in [0.717, 1.165) is 24.3 Å². The van der Waals surface area contributed by atoms with Crippen molar-refractivity contribution in [2.24, 2.45) is 11.8 Å². The molecule has 2 aliphatic rings. The van der Waals surface area contributed by atoms with Crippen LogP contribution in [-0.4, -0.2) is 36.8 Å². The molecule has 28 heavy (non-hydrogen) atoms. The lowest BCUT2D eigenvalue weighted by Crippen LogP contribution is -2.35. The third kappa shape index (κ3) is 5.04. The van der Waals surface area contributed by atoms with Crippen LogP contribution in [0.3, 0.4) is 0 Å². The summed E-state index contributed by atoms with van der Waals surface area (Å²) in [5, 5.41) is 15.9. The zero-order valence-corrected chi connectivity index (χ0v) is 16.5. The van der Waals surface area contributed by atoms with Crippen molar-refractivity contribution in [1.82, 2.24) is 10.6 Å². The number of aliphatic hydroxyl groups excluding tert-OH is 1. The summed E-state index contributed by atoms with van der Waals surface area (Å²) in [4.78, 5) is 12.3. The van der Waals surface area contributed by atoms with Crippen LogP contribution in [-0.2, 0) is 11.4 Å². The predicted octanol–water partition coefficient (Wildman–Crippen LogP) is 2.49. The quantitative estimate of drug-likeness (QED) is 0.665. The van der Waals surface area contributed by atoms with Gasteiger partial charge >= 0.3 is 0 Å². The summed E-state index contributed by atoms with van der Waals surface area (Å²) in [5.74, 6) is 1.40. The van der Waals surface area contributed by atoms with E-state index in [1.165, 1.54) is 5.56 Å². The van der Waals surface area contributed by atoms with E-state index in [1.807, 2.05) is 42.5 Å². The van der Waals surface area contributed by atoms with Gasteiger partial charge in [-0.2, -0.15) is 0 Å². The first-order valence-corrected chi connectivity index (χ1v) is 9.64. The standard InChI is InChI=1S/C22H26N2O3.ClH/c25-21-13-23-11-17(21)12-24-22(26)20-10-19(20)16-6-8-18(9-7-16)27-14-15-4-2-1-3-5-15;/h1-9,17,19-21,23,25H,10-14H2,(H,24,26);1H. The number of nitrogens with one attached hydrogen (secondary N) is 2. The minimum Gasteiger partial charge on any atom is -0.489 e. The fourth-order valence-corrected chi connectivity index (χ4v) is 3.70. The van der Waals surface area contributed by atoms with E-state index in [-0.39, 0.29) is 36.3 Å². The van der Waals surface area contributed by atoms with Gasteiger partial charge in [0.25, 0.3) is 0 Å². The van der Waals surface area contributed by atoms with Crippen LogP contribution >= 0.6 is 12.4 Å².